The Bertz CT molecular complexity index is 1100. The third kappa shape index (κ3) is 4.57. The first-order valence-electron chi connectivity index (χ1n) is 10.2. The summed E-state index contributed by atoms with van der Waals surface area (Å²) in [7, 11) is 5.57. The minimum absolute atomic E-state index is 0.0921. The van der Waals surface area contributed by atoms with Gasteiger partial charge in [-0.3, -0.25) is 14.5 Å². The number of carbonyl (C=O) groups is 2. The van der Waals surface area contributed by atoms with Gasteiger partial charge in [0, 0.05) is 36.7 Å². The molecule has 3 aromatic carbocycles. The second-order valence-electron chi connectivity index (χ2n) is 7.64. The lowest BCUT2D eigenvalue weighted by atomic mass is 10.1. The van der Waals surface area contributed by atoms with Crippen LogP contribution in [-0.2, 0) is 4.79 Å². The first-order chi connectivity index (χ1) is 15.5. The fraction of sp³-hybridized carbons (Fsp3) is 0.200. The predicted molar refractivity (Wildman–Crippen MR) is 131 cm³/mol. The Balaban J connectivity index is 1.48. The zero-order chi connectivity index (χ0) is 22.7. The number of nitrogens with one attached hydrogen (secondary N) is 1. The van der Waals surface area contributed by atoms with Crippen LogP contribution >= 0.6 is 11.8 Å². The van der Waals surface area contributed by atoms with Gasteiger partial charge in [0.15, 0.2) is 0 Å². The van der Waals surface area contributed by atoms with Crippen LogP contribution in [0.2, 0.25) is 0 Å². The molecule has 2 amide bonds. The Hall–Kier alpha value is -3.45. The molecule has 0 radical (unpaired) electrons. The molecule has 1 N–H and O–H groups in total. The van der Waals surface area contributed by atoms with E-state index in [9.17, 15) is 9.59 Å². The molecule has 0 aliphatic carbocycles. The van der Waals surface area contributed by atoms with Gasteiger partial charge in [0.2, 0.25) is 5.91 Å². The normalized spacial score (nSPS) is 15.5. The van der Waals surface area contributed by atoms with Crippen molar-refractivity contribution in [1.82, 2.24) is 0 Å². The summed E-state index contributed by atoms with van der Waals surface area (Å²) in [6.45, 7) is 0. The Morgan fingerprint density at radius 1 is 1.00 bits per heavy atom. The number of amides is 2. The summed E-state index contributed by atoms with van der Waals surface area (Å²) < 4.78 is 5.13. The Kier molecular flexibility index (Phi) is 6.37. The van der Waals surface area contributed by atoms with Crippen molar-refractivity contribution in [3.05, 3.63) is 83.9 Å². The summed E-state index contributed by atoms with van der Waals surface area (Å²) in [5.41, 5.74) is 4.24. The topological polar surface area (TPSA) is 61.9 Å². The van der Waals surface area contributed by atoms with E-state index in [1.807, 2.05) is 72.4 Å². The number of ether oxygens (including phenoxy) is 1. The zero-order valence-corrected chi connectivity index (χ0v) is 19.1. The average Bonchev–Trinajstić information content (AvgIpc) is 3.21. The molecule has 1 unspecified atom stereocenters. The summed E-state index contributed by atoms with van der Waals surface area (Å²) in [4.78, 5) is 29.0. The van der Waals surface area contributed by atoms with E-state index in [2.05, 4.69) is 5.32 Å². The van der Waals surface area contributed by atoms with E-state index < -0.39 is 0 Å². The highest BCUT2D eigenvalue weighted by molar-refractivity contribution is 8.00. The highest BCUT2D eigenvalue weighted by Crippen LogP contribution is 2.42. The third-order valence-corrected chi connectivity index (χ3v) is 6.53. The lowest BCUT2D eigenvalue weighted by Crippen LogP contribution is -2.27. The minimum Gasteiger partial charge on any atom is -0.497 e. The maximum Gasteiger partial charge on any atom is 0.255 e. The quantitative estimate of drug-likeness (QED) is 0.589. The SMILES string of the molecule is COc1ccc(C(=O)Nc2ccc(C3SCC(=O)N3c3ccc(N(C)C)cc3)cc2)cc1. The maximum atomic E-state index is 12.6. The van der Waals surface area contributed by atoms with Gasteiger partial charge in [0.1, 0.15) is 11.1 Å². The molecule has 1 fully saturated rings. The Morgan fingerprint density at radius 3 is 2.25 bits per heavy atom. The fourth-order valence-electron chi connectivity index (χ4n) is 3.54. The maximum absolute atomic E-state index is 12.6. The summed E-state index contributed by atoms with van der Waals surface area (Å²) >= 11 is 1.60. The molecular weight excluding hydrogens is 422 g/mol. The zero-order valence-electron chi connectivity index (χ0n) is 18.2. The number of benzene rings is 3. The van der Waals surface area contributed by atoms with Gasteiger partial charge in [-0.1, -0.05) is 12.1 Å². The van der Waals surface area contributed by atoms with Crippen LogP contribution in [0.3, 0.4) is 0 Å². The first kappa shape index (κ1) is 21.8. The van der Waals surface area contributed by atoms with Crippen molar-refractivity contribution < 1.29 is 14.3 Å². The highest BCUT2D eigenvalue weighted by Gasteiger charge is 2.34. The van der Waals surface area contributed by atoms with Crippen LogP contribution in [0.1, 0.15) is 21.3 Å². The van der Waals surface area contributed by atoms with E-state index in [0.717, 1.165) is 16.9 Å². The highest BCUT2D eigenvalue weighted by atomic mass is 32.2. The number of methoxy groups -OCH3 is 1. The standard InChI is InChI=1S/C25H25N3O3S/c1-27(2)20-10-12-21(13-11-20)28-23(29)16-32-25(28)18-4-8-19(9-5-18)26-24(30)17-6-14-22(31-3)15-7-17/h4-15,25H,16H2,1-3H3,(H,26,30). The Morgan fingerprint density at radius 2 is 1.66 bits per heavy atom. The van der Waals surface area contributed by atoms with Crippen LogP contribution < -0.4 is 19.9 Å². The molecule has 32 heavy (non-hydrogen) atoms. The number of thioether (sulfide) groups is 1. The van der Waals surface area contributed by atoms with E-state index in [1.165, 1.54) is 0 Å². The molecule has 164 valence electrons. The molecule has 1 aliphatic heterocycles. The summed E-state index contributed by atoms with van der Waals surface area (Å²) in [5.74, 6) is 1.05. The second kappa shape index (κ2) is 9.36. The number of rotatable bonds is 6. The Labute approximate surface area is 192 Å². The molecular formula is C25H25N3O3S. The van der Waals surface area contributed by atoms with Crippen molar-refractivity contribution in [1.29, 1.82) is 0 Å². The van der Waals surface area contributed by atoms with Gasteiger partial charge in [0.25, 0.3) is 5.91 Å². The van der Waals surface area contributed by atoms with E-state index >= 15 is 0 Å². The van der Waals surface area contributed by atoms with Crippen LogP contribution in [0.15, 0.2) is 72.8 Å². The summed E-state index contributed by atoms with van der Waals surface area (Å²) in [6, 6.07) is 22.6. The van der Waals surface area contributed by atoms with Crippen molar-refractivity contribution in [2.75, 3.05) is 42.1 Å². The van der Waals surface area contributed by atoms with Crippen LogP contribution in [-0.4, -0.2) is 38.8 Å². The second-order valence-corrected chi connectivity index (χ2v) is 8.71. The largest absolute Gasteiger partial charge is 0.497 e. The molecule has 6 nitrogen and oxygen atoms in total. The van der Waals surface area contributed by atoms with Crippen molar-refractivity contribution in [3.8, 4) is 5.75 Å². The monoisotopic (exact) mass is 447 g/mol. The number of nitrogens with zero attached hydrogens (tertiary/aromatic N) is 2. The van der Waals surface area contributed by atoms with Crippen LogP contribution in [0.5, 0.6) is 5.75 Å². The molecule has 1 atom stereocenters. The molecule has 0 spiro atoms. The van der Waals surface area contributed by atoms with Gasteiger partial charge in [-0.25, -0.2) is 0 Å². The molecule has 3 aromatic rings. The van der Waals surface area contributed by atoms with Gasteiger partial charge >= 0.3 is 0 Å². The molecule has 7 heteroatoms. The number of hydrogen-bond acceptors (Lipinski definition) is 5. The van der Waals surface area contributed by atoms with Crippen LogP contribution in [0.4, 0.5) is 17.1 Å². The molecule has 1 saturated heterocycles. The van der Waals surface area contributed by atoms with E-state index in [4.69, 9.17) is 4.74 Å². The molecule has 0 saturated carbocycles. The molecule has 1 heterocycles. The van der Waals surface area contributed by atoms with Crippen LogP contribution in [0.25, 0.3) is 0 Å². The number of anilines is 3. The molecule has 0 aromatic heterocycles. The van der Waals surface area contributed by atoms with Gasteiger partial charge in [0.05, 0.1) is 12.9 Å². The summed E-state index contributed by atoms with van der Waals surface area (Å²) in [5, 5.41) is 2.81. The minimum atomic E-state index is -0.187. The van der Waals surface area contributed by atoms with Crippen molar-refractivity contribution in [3.63, 3.8) is 0 Å². The van der Waals surface area contributed by atoms with Crippen molar-refractivity contribution >= 4 is 40.6 Å². The van der Waals surface area contributed by atoms with Crippen molar-refractivity contribution in [2.45, 2.75) is 5.37 Å². The van der Waals surface area contributed by atoms with Gasteiger partial charge in [-0.15, -0.1) is 11.8 Å². The third-order valence-electron chi connectivity index (χ3n) is 5.32. The van der Waals surface area contributed by atoms with E-state index in [0.29, 0.717) is 22.8 Å². The van der Waals surface area contributed by atoms with Gasteiger partial charge in [-0.05, 0) is 66.2 Å². The smallest absolute Gasteiger partial charge is 0.255 e. The van der Waals surface area contributed by atoms with Crippen molar-refractivity contribution in [2.24, 2.45) is 0 Å². The average molecular weight is 448 g/mol. The molecule has 0 bridgehead atoms. The molecule has 4 rings (SSSR count). The first-order valence-corrected chi connectivity index (χ1v) is 11.3. The van der Waals surface area contributed by atoms with E-state index in [-0.39, 0.29) is 17.2 Å². The summed E-state index contributed by atoms with van der Waals surface area (Å²) in [6.07, 6.45) is 0. The lowest BCUT2D eigenvalue weighted by Gasteiger charge is -2.25. The van der Waals surface area contributed by atoms with E-state index in [1.54, 1.807) is 43.1 Å². The lowest BCUT2D eigenvalue weighted by molar-refractivity contribution is -0.115. The number of carbonyl (C=O) groups excluding carboxylic acids is 2. The fourth-order valence-corrected chi connectivity index (χ4v) is 4.72. The van der Waals surface area contributed by atoms with Crippen LogP contribution in [0, 0.1) is 0 Å². The van der Waals surface area contributed by atoms with Gasteiger partial charge in [-0.2, -0.15) is 0 Å². The predicted octanol–water partition coefficient (Wildman–Crippen LogP) is 4.79. The number of hydrogen-bond donors (Lipinski definition) is 1. The molecule has 1 aliphatic rings. The van der Waals surface area contributed by atoms with Gasteiger partial charge < -0.3 is 15.0 Å².